The highest BCUT2D eigenvalue weighted by molar-refractivity contribution is 5.95. The van der Waals surface area contributed by atoms with E-state index < -0.39 is 6.03 Å². The maximum absolute atomic E-state index is 12.2. The first kappa shape index (κ1) is 20.4. The average Bonchev–Trinajstić information content (AvgIpc) is 3.39. The summed E-state index contributed by atoms with van der Waals surface area (Å²) in [7, 11) is 1.57. The highest BCUT2D eigenvalue weighted by atomic mass is 16.5. The summed E-state index contributed by atoms with van der Waals surface area (Å²) in [6.07, 6.45) is 2.21. The minimum absolute atomic E-state index is 0.146. The van der Waals surface area contributed by atoms with E-state index >= 15 is 0 Å². The maximum Gasteiger partial charge on any atom is 0.321 e. The number of nitrogens with one attached hydrogen (secondary N) is 2. The van der Waals surface area contributed by atoms with Crippen molar-refractivity contribution in [1.82, 2.24) is 15.5 Å². The number of rotatable bonds is 9. The number of nitrogens with zero attached hydrogens (tertiary/aromatic N) is 1. The van der Waals surface area contributed by atoms with Crippen LogP contribution in [0.15, 0.2) is 24.3 Å². The highest BCUT2D eigenvalue weighted by Crippen LogP contribution is 2.28. The van der Waals surface area contributed by atoms with Crippen LogP contribution in [0.5, 0.6) is 0 Å². The van der Waals surface area contributed by atoms with E-state index in [1.807, 2.05) is 6.92 Å². The summed E-state index contributed by atoms with van der Waals surface area (Å²) in [4.78, 5) is 26.2. The van der Waals surface area contributed by atoms with Crippen LogP contribution in [0.4, 0.5) is 4.79 Å². The van der Waals surface area contributed by atoms with E-state index in [1.165, 1.54) is 11.1 Å². The molecule has 1 aliphatic carbocycles. The third kappa shape index (κ3) is 6.77. The Morgan fingerprint density at radius 3 is 2.38 bits per heavy atom. The molecule has 1 aromatic rings. The van der Waals surface area contributed by atoms with Gasteiger partial charge in [-0.3, -0.25) is 15.0 Å². The molecular formula is C20H31N3O3. The summed E-state index contributed by atoms with van der Waals surface area (Å²) in [5, 5.41) is 5.09. The largest absolute Gasteiger partial charge is 0.383 e. The Morgan fingerprint density at radius 2 is 1.85 bits per heavy atom. The van der Waals surface area contributed by atoms with Gasteiger partial charge >= 0.3 is 6.03 Å². The van der Waals surface area contributed by atoms with Crippen LogP contribution in [0, 0.1) is 0 Å². The summed E-state index contributed by atoms with van der Waals surface area (Å²) >= 11 is 0. The monoisotopic (exact) mass is 361 g/mol. The molecule has 0 radical (unpaired) electrons. The van der Waals surface area contributed by atoms with E-state index in [4.69, 9.17) is 4.74 Å². The molecule has 1 aromatic carbocycles. The highest BCUT2D eigenvalue weighted by Gasteiger charge is 2.30. The molecule has 1 atom stereocenters. The van der Waals surface area contributed by atoms with Gasteiger partial charge in [-0.15, -0.1) is 0 Å². The number of methoxy groups -OCH3 is 1. The van der Waals surface area contributed by atoms with Crippen LogP contribution < -0.4 is 10.6 Å². The lowest BCUT2D eigenvalue weighted by Gasteiger charge is -2.22. The first-order valence-electron chi connectivity index (χ1n) is 9.31. The molecule has 0 aromatic heterocycles. The topological polar surface area (TPSA) is 70.7 Å². The fourth-order valence-electron chi connectivity index (χ4n) is 2.90. The summed E-state index contributed by atoms with van der Waals surface area (Å²) in [6.45, 7) is 7.52. The zero-order chi connectivity index (χ0) is 19.1. The second-order valence-electron chi connectivity index (χ2n) is 7.41. The van der Waals surface area contributed by atoms with Gasteiger partial charge < -0.3 is 10.1 Å². The number of carbonyl (C=O) groups is 2. The van der Waals surface area contributed by atoms with Crippen LogP contribution in [0.25, 0.3) is 0 Å². The summed E-state index contributed by atoms with van der Waals surface area (Å²) in [5.74, 6) is 0.228. The van der Waals surface area contributed by atoms with Gasteiger partial charge in [0.1, 0.15) is 0 Å². The smallest absolute Gasteiger partial charge is 0.321 e. The predicted molar refractivity (Wildman–Crippen MR) is 102 cm³/mol. The normalized spacial score (nSPS) is 15.2. The first-order chi connectivity index (χ1) is 12.4. The molecule has 3 amide bonds. The number of imide groups is 1. The van der Waals surface area contributed by atoms with Crippen LogP contribution in [0.3, 0.4) is 0 Å². The second-order valence-corrected chi connectivity index (χ2v) is 7.41. The van der Waals surface area contributed by atoms with Crippen LogP contribution in [-0.4, -0.2) is 49.2 Å². The fraction of sp³-hybridized carbons (Fsp3) is 0.600. The van der Waals surface area contributed by atoms with E-state index in [9.17, 15) is 9.59 Å². The molecule has 1 aliphatic rings. The molecule has 2 N–H and O–H groups in total. The second kappa shape index (κ2) is 9.69. The lowest BCUT2D eigenvalue weighted by molar-refractivity contribution is -0.121. The average molecular weight is 361 g/mol. The number of urea groups is 1. The van der Waals surface area contributed by atoms with Gasteiger partial charge in [-0.05, 0) is 36.8 Å². The molecule has 0 heterocycles. The van der Waals surface area contributed by atoms with Crippen LogP contribution in [0.2, 0.25) is 0 Å². The number of hydrogen-bond donors (Lipinski definition) is 2. The van der Waals surface area contributed by atoms with E-state index in [-0.39, 0.29) is 18.5 Å². The van der Waals surface area contributed by atoms with Gasteiger partial charge in [0.05, 0.1) is 19.2 Å². The van der Waals surface area contributed by atoms with Crippen LogP contribution in [-0.2, 0) is 16.1 Å². The van der Waals surface area contributed by atoms with Crippen molar-refractivity contribution in [2.75, 3.05) is 20.3 Å². The van der Waals surface area contributed by atoms with Gasteiger partial charge in [0.25, 0.3) is 0 Å². The van der Waals surface area contributed by atoms with Crippen molar-refractivity contribution < 1.29 is 14.3 Å². The van der Waals surface area contributed by atoms with Gasteiger partial charge in [-0.1, -0.05) is 38.1 Å². The summed E-state index contributed by atoms with van der Waals surface area (Å²) in [6, 6.07) is 8.36. The SMILES string of the molecule is COCC(C)NC(=O)NC(=O)CN(Cc1ccc(C(C)C)cc1)C1CC1. The minimum Gasteiger partial charge on any atom is -0.383 e. The zero-order valence-electron chi connectivity index (χ0n) is 16.2. The molecule has 6 heteroatoms. The van der Waals surface area contributed by atoms with E-state index in [0.29, 0.717) is 18.6 Å². The van der Waals surface area contributed by atoms with E-state index in [2.05, 4.69) is 53.6 Å². The van der Waals surface area contributed by atoms with E-state index in [0.717, 1.165) is 19.4 Å². The lowest BCUT2D eigenvalue weighted by Crippen LogP contribution is -2.48. The third-order valence-corrected chi connectivity index (χ3v) is 4.49. The zero-order valence-corrected chi connectivity index (χ0v) is 16.2. The van der Waals surface area contributed by atoms with Crippen molar-refractivity contribution in [2.24, 2.45) is 0 Å². The lowest BCUT2D eigenvalue weighted by atomic mass is 10.0. The molecule has 6 nitrogen and oxygen atoms in total. The van der Waals surface area contributed by atoms with Crippen LogP contribution >= 0.6 is 0 Å². The first-order valence-corrected chi connectivity index (χ1v) is 9.31. The third-order valence-electron chi connectivity index (χ3n) is 4.49. The molecule has 0 spiro atoms. The Morgan fingerprint density at radius 1 is 1.19 bits per heavy atom. The Kier molecular flexibility index (Phi) is 7.60. The number of ether oxygens (including phenoxy) is 1. The number of benzene rings is 1. The Bertz CT molecular complexity index is 597. The maximum atomic E-state index is 12.2. The van der Waals surface area contributed by atoms with Gasteiger partial charge in [-0.25, -0.2) is 4.79 Å². The molecule has 2 rings (SSSR count). The molecule has 1 unspecified atom stereocenters. The summed E-state index contributed by atoms with van der Waals surface area (Å²) in [5.41, 5.74) is 2.50. The Hall–Kier alpha value is -1.92. The van der Waals surface area contributed by atoms with Gasteiger partial charge in [0, 0.05) is 19.7 Å². The van der Waals surface area contributed by atoms with Gasteiger partial charge in [0.2, 0.25) is 5.91 Å². The van der Waals surface area contributed by atoms with Crippen molar-refractivity contribution in [1.29, 1.82) is 0 Å². The van der Waals surface area contributed by atoms with Crippen molar-refractivity contribution >= 4 is 11.9 Å². The number of hydrogen-bond acceptors (Lipinski definition) is 4. The molecule has 0 saturated heterocycles. The van der Waals surface area contributed by atoms with Crippen molar-refractivity contribution in [3.8, 4) is 0 Å². The summed E-state index contributed by atoms with van der Waals surface area (Å²) < 4.78 is 4.97. The van der Waals surface area contributed by atoms with E-state index in [1.54, 1.807) is 7.11 Å². The number of amides is 3. The van der Waals surface area contributed by atoms with Crippen molar-refractivity contribution in [3.05, 3.63) is 35.4 Å². The molecule has 1 fully saturated rings. The molecule has 26 heavy (non-hydrogen) atoms. The molecule has 0 aliphatic heterocycles. The predicted octanol–water partition coefficient (Wildman–Crippen LogP) is 2.64. The minimum atomic E-state index is -0.475. The molecule has 1 saturated carbocycles. The Labute approximate surface area is 156 Å². The standard InChI is InChI=1S/C20H31N3O3/c1-14(2)17-7-5-16(6-8-17)11-23(18-9-10-18)12-19(24)22-20(25)21-15(3)13-26-4/h5-8,14-15,18H,9-13H2,1-4H3,(H2,21,22,24,25). The van der Waals surface area contributed by atoms with Gasteiger partial charge in [-0.2, -0.15) is 0 Å². The molecular weight excluding hydrogens is 330 g/mol. The quantitative estimate of drug-likeness (QED) is 0.709. The fourth-order valence-corrected chi connectivity index (χ4v) is 2.90. The van der Waals surface area contributed by atoms with Crippen LogP contribution in [0.1, 0.15) is 50.7 Å². The molecule has 0 bridgehead atoms. The van der Waals surface area contributed by atoms with Gasteiger partial charge in [0.15, 0.2) is 0 Å². The van der Waals surface area contributed by atoms with Crippen molar-refractivity contribution in [3.63, 3.8) is 0 Å². The molecule has 144 valence electrons. The van der Waals surface area contributed by atoms with Crippen molar-refractivity contribution in [2.45, 2.75) is 58.2 Å². The Balaban J connectivity index is 1.85. The number of carbonyl (C=O) groups excluding carboxylic acids is 2.